The zero-order valence-electron chi connectivity index (χ0n) is 38.1. The van der Waals surface area contributed by atoms with Crippen LogP contribution in [-0.2, 0) is 52.7 Å². The van der Waals surface area contributed by atoms with Crippen molar-refractivity contribution < 1.29 is 78.3 Å². The molecule has 0 unspecified atom stereocenters. The molecule has 0 spiro atoms. The maximum atomic E-state index is 12.6. The molecule has 0 saturated carbocycles. The van der Waals surface area contributed by atoms with E-state index in [1.165, 1.54) is 12.8 Å². The number of unbranched alkanes of at least 4 members (excludes halogenated alkanes) is 14. The highest BCUT2D eigenvalue weighted by Gasteiger charge is 2.27. The maximum Gasteiger partial charge on any atom is 0.326 e. The summed E-state index contributed by atoms with van der Waals surface area (Å²) in [6.07, 6.45) is 13.2. The molecule has 0 fully saturated rings. The van der Waals surface area contributed by atoms with E-state index in [0.717, 1.165) is 70.6 Å². The lowest BCUT2D eigenvalue weighted by Gasteiger charge is -2.18. The van der Waals surface area contributed by atoms with Crippen molar-refractivity contribution in [1.82, 2.24) is 26.6 Å². The van der Waals surface area contributed by atoms with Crippen molar-refractivity contribution in [2.45, 2.75) is 204 Å². The largest absolute Gasteiger partial charge is 0.481 e. The Kier molecular flexibility index (Phi) is 34.3. The van der Waals surface area contributed by atoms with Crippen LogP contribution in [0.4, 0.5) is 0 Å². The molecule has 22 heteroatoms. The molecule has 0 radical (unpaired) electrons. The number of carbonyl (C=O) groups excluding carboxylic acids is 6. The maximum absolute atomic E-state index is 12.6. The number of aldehydes is 1. The summed E-state index contributed by atoms with van der Waals surface area (Å²) in [6.45, 7) is 0.271. The van der Waals surface area contributed by atoms with E-state index in [-0.39, 0.29) is 38.6 Å². The Morgan fingerprint density at radius 1 is 0.364 bits per heavy atom. The molecule has 12 N–H and O–H groups in total. The standard InChI is InChI=1S/C44H74N6O16/c45-30(29-51)17-15-16-28-46-35(52)24-20-31(41(59)60)48-37(54)26-22-33(43(63)64)50-39(56)27-23-34(44(65)66)49-38(55)25-21-32(42(61)62)47-36(53)18-13-11-9-7-5-3-1-2-4-6-8-10-12-14-19-40(57)58/h29-34H,1-28,45H2,(H,46,52)(H,47,53)(H,48,54)(H,49,55)(H,50,56)(H,57,58)(H,59,60)(H,61,62)(H,63,64)(H,65,66)/t30-,31-,32-,33-,34-/m0/s1. The lowest BCUT2D eigenvalue weighted by Crippen LogP contribution is -2.45. The van der Waals surface area contributed by atoms with Gasteiger partial charge in [-0.15, -0.1) is 0 Å². The third-order valence-corrected chi connectivity index (χ3v) is 10.7. The van der Waals surface area contributed by atoms with Gasteiger partial charge in [0.15, 0.2) is 0 Å². The number of carboxylic acid groups (broad SMARTS) is 5. The van der Waals surface area contributed by atoms with Crippen molar-refractivity contribution in [3.8, 4) is 0 Å². The highest BCUT2D eigenvalue weighted by molar-refractivity contribution is 5.88. The smallest absolute Gasteiger partial charge is 0.326 e. The summed E-state index contributed by atoms with van der Waals surface area (Å²) in [7, 11) is 0. The molecular weight excluding hydrogens is 869 g/mol. The molecule has 0 heterocycles. The Morgan fingerprint density at radius 3 is 0.955 bits per heavy atom. The summed E-state index contributed by atoms with van der Waals surface area (Å²) in [5, 5.41) is 58.5. The van der Waals surface area contributed by atoms with E-state index >= 15 is 0 Å². The fourth-order valence-electron chi connectivity index (χ4n) is 6.77. The summed E-state index contributed by atoms with van der Waals surface area (Å²) < 4.78 is 0. The number of nitrogens with one attached hydrogen (secondary N) is 5. The molecule has 0 aliphatic rings. The van der Waals surface area contributed by atoms with Gasteiger partial charge in [0.25, 0.3) is 0 Å². The first-order valence-electron chi connectivity index (χ1n) is 23.1. The topological polar surface area (TPSA) is 375 Å². The lowest BCUT2D eigenvalue weighted by molar-refractivity contribution is -0.144. The predicted octanol–water partition coefficient (Wildman–Crippen LogP) is 2.52. The Morgan fingerprint density at radius 2 is 0.652 bits per heavy atom. The first kappa shape index (κ1) is 60.3. The Hall–Kier alpha value is -5.67. The minimum Gasteiger partial charge on any atom is -0.481 e. The number of carbonyl (C=O) groups is 11. The quantitative estimate of drug-likeness (QED) is 0.0309. The van der Waals surface area contributed by atoms with E-state index in [9.17, 15) is 73.2 Å². The Balaban J connectivity index is 4.55. The van der Waals surface area contributed by atoms with Gasteiger partial charge in [-0.2, -0.15) is 0 Å². The van der Waals surface area contributed by atoms with Gasteiger partial charge in [0.05, 0.1) is 6.04 Å². The number of aliphatic carboxylic acids is 5. The van der Waals surface area contributed by atoms with E-state index in [2.05, 4.69) is 26.6 Å². The normalized spacial score (nSPS) is 13.2. The molecule has 0 aromatic carbocycles. The Bertz CT molecular complexity index is 1550. The molecule has 0 bridgehead atoms. The molecule has 0 aliphatic carbocycles. The average Bonchev–Trinajstić information content (AvgIpc) is 3.25. The van der Waals surface area contributed by atoms with Crippen molar-refractivity contribution in [3.63, 3.8) is 0 Å². The fourth-order valence-corrected chi connectivity index (χ4v) is 6.77. The highest BCUT2D eigenvalue weighted by Crippen LogP contribution is 2.14. The van der Waals surface area contributed by atoms with Gasteiger partial charge in [0.1, 0.15) is 30.5 Å². The van der Waals surface area contributed by atoms with Crippen LogP contribution in [0.15, 0.2) is 0 Å². The zero-order chi connectivity index (χ0) is 49.7. The minimum atomic E-state index is -1.63. The molecular formula is C44H74N6O16. The number of hydrogen-bond donors (Lipinski definition) is 11. The van der Waals surface area contributed by atoms with Crippen LogP contribution in [-0.4, -0.2) is 128 Å². The molecule has 0 rings (SSSR count). The van der Waals surface area contributed by atoms with Crippen LogP contribution in [0.3, 0.4) is 0 Å². The molecule has 66 heavy (non-hydrogen) atoms. The number of amides is 5. The van der Waals surface area contributed by atoms with Gasteiger partial charge in [0, 0.05) is 45.1 Å². The number of hydrogen-bond acceptors (Lipinski definition) is 12. The van der Waals surface area contributed by atoms with Crippen LogP contribution in [0.25, 0.3) is 0 Å². The molecule has 0 aromatic heterocycles. The van der Waals surface area contributed by atoms with Gasteiger partial charge in [-0.3, -0.25) is 28.8 Å². The van der Waals surface area contributed by atoms with Crippen molar-refractivity contribution in [2.24, 2.45) is 5.73 Å². The number of rotatable bonds is 43. The molecule has 376 valence electrons. The fraction of sp³-hybridized carbons (Fsp3) is 0.750. The van der Waals surface area contributed by atoms with Crippen LogP contribution >= 0.6 is 0 Å². The van der Waals surface area contributed by atoms with Crippen LogP contribution in [0.5, 0.6) is 0 Å². The summed E-state index contributed by atoms with van der Waals surface area (Å²) in [5.41, 5.74) is 5.50. The second-order valence-electron chi connectivity index (χ2n) is 16.5. The monoisotopic (exact) mass is 943 g/mol. The zero-order valence-corrected chi connectivity index (χ0v) is 38.1. The summed E-state index contributed by atoms with van der Waals surface area (Å²) >= 11 is 0. The third-order valence-electron chi connectivity index (χ3n) is 10.7. The van der Waals surface area contributed by atoms with Gasteiger partial charge in [-0.1, -0.05) is 77.0 Å². The molecule has 5 amide bonds. The second-order valence-corrected chi connectivity index (χ2v) is 16.5. The minimum absolute atomic E-state index is 0.0995. The molecule has 0 aromatic rings. The van der Waals surface area contributed by atoms with E-state index in [1.54, 1.807) is 0 Å². The van der Waals surface area contributed by atoms with Gasteiger partial charge in [0.2, 0.25) is 29.5 Å². The average molecular weight is 943 g/mol. The second kappa shape index (κ2) is 37.5. The summed E-state index contributed by atoms with van der Waals surface area (Å²) in [6, 6.07) is -6.71. The van der Waals surface area contributed by atoms with Gasteiger partial charge >= 0.3 is 29.8 Å². The van der Waals surface area contributed by atoms with E-state index < -0.39 is 122 Å². The van der Waals surface area contributed by atoms with Gasteiger partial charge in [-0.25, -0.2) is 19.2 Å². The predicted molar refractivity (Wildman–Crippen MR) is 238 cm³/mol. The van der Waals surface area contributed by atoms with Crippen molar-refractivity contribution in [3.05, 3.63) is 0 Å². The third kappa shape index (κ3) is 33.8. The lowest BCUT2D eigenvalue weighted by atomic mass is 10.0. The van der Waals surface area contributed by atoms with E-state index in [0.29, 0.717) is 32.0 Å². The Labute approximate surface area is 385 Å². The van der Waals surface area contributed by atoms with Crippen LogP contribution in [0.2, 0.25) is 0 Å². The first-order chi connectivity index (χ1) is 31.4. The van der Waals surface area contributed by atoms with Crippen LogP contribution < -0.4 is 32.3 Å². The van der Waals surface area contributed by atoms with Crippen molar-refractivity contribution >= 4 is 65.7 Å². The highest BCUT2D eigenvalue weighted by atomic mass is 16.4. The first-order valence-corrected chi connectivity index (χ1v) is 23.1. The number of nitrogens with two attached hydrogens (primary N) is 1. The van der Waals surface area contributed by atoms with Gasteiger partial charge in [-0.05, 0) is 57.8 Å². The van der Waals surface area contributed by atoms with Crippen molar-refractivity contribution in [1.29, 1.82) is 0 Å². The van der Waals surface area contributed by atoms with E-state index in [1.807, 2.05) is 0 Å². The summed E-state index contributed by atoms with van der Waals surface area (Å²) in [4.78, 5) is 130. The van der Waals surface area contributed by atoms with Crippen molar-refractivity contribution in [2.75, 3.05) is 6.54 Å². The molecule has 0 aliphatic heterocycles. The van der Waals surface area contributed by atoms with Crippen LogP contribution in [0, 0.1) is 0 Å². The SMILES string of the molecule is N[C@H](C=O)CCCCNC(=O)CC[C@H](NC(=O)CC[C@H](NC(=O)CC[C@H](NC(=O)CC[C@H](NC(=O)CCCCCCCCCCCCCCCCC(=O)O)C(=O)O)C(=O)O)C(=O)O)C(=O)O. The number of carboxylic acids is 5. The molecule has 0 saturated heterocycles. The van der Waals surface area contributed by atoms with Gasteiger partial charge < -0.3 is 62.6 Å². The van der Waals surface area contributed by atoms with Crippen LogP contribution in [0.1, 0.15) is 173 Å². The van der Waals surface area contributed by atoms with E-state index in [4.69, 9.17) is 10.8 Å². The molecule has 22 nitrogen and oxygen atoms in total. The summed E-state index contributed by atoms with van der Waals surface area (Å²) in [5.74, 6) is -10.3. The molecule has 5 atom stereocenters.